The van der Waals surface area contributed by atoms with Crippen LogP contribution >= 0.6 is 31.9 Å². The van der Waals surface area contributed by atoms with Gasteiger partial charge in [-0.15, -0.1) is 0 Å². The van der Waals surface area contributed by atoms with Gasteiger partial charge in [0.2, 0.25) is 11.4 Å². The largest absolute Gasteiger partial charge is 0.401 e. The molecule has 1 aliphatic carbocycles. The summed E-state index contributed by atoms with van der Waals surface area (Å²) in [6.07, 6.45) is 2.10. The molecule has 6 nitrogen and oxygen atoms in total. The molecule has 1 aliphatic rings. The normalized spacial score (nSPS) is 17.6. The van der Waals surface area contributed by atoms with Crippen molar-refractivity contribution < 1.29 is 4.57 Å². The van der Waals surface area contributed by atoms with E-state index >= 15 is 0 Å². The highest BCUT2D eigenvalue weighted by atomic mass is 79.9. The van der Waals surface area contributed by atoms with Crippen LogP contribution in [0.5, 0.6) is 0 Å². The van der Waals surface area contributed by atoms with E-state index in [1.165, 1.54) is 27.1 Å². The molecule has 0 saturated carbocycles. The molecule has 0 bridgehead atoms. The van der Waals surface area contributed by atoms with Crippen molar-refractivity contribution in [3.05, 3.63) is 81.5 Å². The fraction of sp³-hybridized carbons (Fsp3) is 0.190. The van der Waals surface area contributed by atoms with E-state index in [0.29, 0.717) is 0 Å². The predicted molar refractivity (Wildman–Crippen MR) is 126 cm³/mol. The van der Waals surface area contributed by atoms with Crippen molar-refractivity contribution >= 4 is 54.4 Å². The first-order chi connectivity index (χ1) is 13.9. The average molecular weight is 516 g/mol. The van der Waals surface area contributed by atoms with Crippen LogP contribution < -0.4 is 16.0 Å². The van der Waals surface area contributed by atoms with Gasteiger partial charge >= 0.3 is 0 Å². The number of anilines is 1. The number of hydrogen-bond acceptors (Lipinski definition) is 2. The van der Waals surface area contributed by atoms with Crippen LogP contribution in [0.1, 0.15) is 23.0 Å². The molecule has 0 fully saturated rings. The van der Waals surface area contributed by atoms with E-state index in [1.54, 1.807) is 0 Å². The zero-order chi connectivity index (χ0) is 21.1. The Hall–Kier alpha value is -2.54. The van der Waals surface area contributed by atoms with Crippen LogP contribution in [0.15, 0.2) is 54.2 Å². The number of fused-ring (bicyclic) bond motifs is 3. The standard InChI is InChI=1S/C21H19Br2N3.N3/c1-2-26-17-11-16(25)19(22)20(23)18(17)14-9-8-13(24)10-15(14)21(26)12-6-4-3-5-7-12;1-3-2/h3-11,19-20,25H,2,24H2,1H3;/q;-1/p+1. The zero-order valence-electron chi connectivity index (χ0n) is 15.8. The molecule has 0 amide bonds. The molecule has 8 heteroatoms. The summed E-state index contributed by atoms with van der Waals surface area (Å²) in [5.41, 5.74) is 32.3. The molecule has 1 heterocycles. The van der Waals surface area contributed by atoms with Crippen molar-refractivity contribution in [1.82, 2.24) is 0 Å². The van der Waals surface area contributed by atoms with Crippen molar-refractivity contribution in [2.24, 2.45) is 5.73 Å². The minimum atomic E-state index is 0.0589. The van der Waals surface area contributed by atoms with Gasteiger partial charge in [-0.2, -0.15) is 4.57 Å². The van der Waals surface area contributed by atoms with E-state index in [-0.39, 0.29) is 9.65 Å². The maximum atomic E-state index is 6.75. The van der Waals surface area contributed by atoms with Gasteiger partial charge in [0.1, 0.15) is 6.54 Å². The number of rotatable bonds is 2. The molecule has 148 valence electrons. The van der Waals surface area contributed by atoms with Gasteiger partial charge in [-0.05, 0) is 36.6 Å². The minimum Gasteiger partial charge on any atom is -0.401 e. The lowest BCUT2D eigenvalue weighted by Gasteiger charge is -2.26. The molecule has 0 radical (unpaired) electrons. The second kappa shape index (κ2) is 8.86. The SMILES string of the molecule is CC[n+]1c2c(c3ccc(N)cc3c1-c1ccccc1)C(Br)C(Br)C(N)=C2.[N-]=[N+]=[N-]. The fourth-order valence-electron chi connectivity index (χ4n) is 3.78. The Balaban J connectivity index is 0.000000755. The van der Waals surface area contributed by atoms with E-state index < -0.39 is 0 Å². The molecular formula is C21H20Br2N6. The molecule has 2 unspecified atom stereocenters. The van der Waals surface area contributed by atoms with Crippen molar-refractivity contribution in [1.29, 1.82) is 0 Å². The summed E-state index contributed by atoms with van der Waals surface area (Å²) < 4.78 is 2.34. The Morgan fingerprint density at radius 1 is 1.00 bits per heavy atom. The van der Waals surface area contributed by atoms with Gasteiger partial charge in [0, 0.05) is 28.6 Å². The molecule has 0 saturated heterocycles. The van der Waals surface area contributed by atoms with Crippen LogP contribution in [-0.2, 0) is 6.54 Å². The Morgan fingerprint density at radius 3 is 2.28 bits per heavy atom. The molecule has 3 aromatic rings. The monoisotopic (exact) mass is 514 g/mol. The molecule has 1 aromatic heterocycles. The topological polar surface area (TPSA) is 115 Å². The van der Waals surface area contributed by atoms with E-state index in [1.807, 2.05) is 12.1 Å². The number of benzene rings is 2. The number of pyridine rings is 1. The molecular weight excluding hydrogens is 496 g/mol. The first-order valence-electron chi connectivity index (χ1n) is 9.02. The summed E-state index contributed by atoms with van der Waals surface area (Å²) >= 11 is 7.59. The lowest BCUT2D eigenvalue weighted by Crippen LogP contribution is -2.42. The van der Waals surface area contributed by atoms with Crippen LogP contribution in [0, 0.1) is 0 Å². The first-order valence-corrected chi connectivity index (χ1v) is 10.9. The summed E-state index contributed by atoms with van der Waals surface area (Å²) in [5.74, 6) is 0. The van der Waals surface area contributed by atoms with E-state index in [9.17, 15) is 0 Å². The highest BCUT2D eigenvalue weighted by molar-refractivity contribution is 9.12. The predicted octanol–water partition coefficient (Wildman–Crippen LogP) is 5.78. The van der Waals surface area contributed by atoms with Crippen molar-refractivity contribution in [2.75, 3.05) is 5.73 Å². The lowest BCUT2D eigenvalue weighted by atomic mass is 9.91. The van der Waals surface area contributed by atoms with Crippen molar-refractivity contribution in [2.45, 2.75) is 23.1 Å². The van der Waals surface area contributed by atoms with Gasteiger partial charge in [0.25, 0.3) is 0 Å². The molecule has 0 aliphatic heterocycles. The second-order valence-electron chi connectivity index (χ2n) is 6.60. The van der Waals surface area contributed by atoms with Gasteiger partial charge in [-0.25, -0.2) is 0 Å². The Kier molecular flexibility index (Phi) is 6.47. The Labute approximate surface area is 185 Å². The minimum absolute atomic E-state index is 0.0589. The van der Waals surface area contributed by atoms with Gasteiger partial charge < -0.3 is 22.5 Å². The van der Waals surface area contributed by atoms with Gasteiger partial charge in [0.15, 0.2) is 0 Å². The van der Waals surface area contributed by atoms with E-state index in [0.717, 1.165) is 29.0 Å². The number of nitrogens with zero attached hydrogens (tertiary/aromatic N) is 4. The third-order valence-electron chi connectivity index (χ3n) is 4.94. The van der Waals surface area contributed by atoms with Crippen molar-refractivity contribution in [3.63, 3.8) is 0 Å². The summed E-state index contributed by atoms with van der Waals surface area (Å²) in [7, 11) is 0. The Bertz CT molecular complexity index is 1120. The number of hydrogen-bond donors (Lipinski definition) is 2. The number of aromatic nitrogens is 1. The number of nitrogens with two attached hydrogens (primary N) is 2. The maximum Gasteiger partial charge on any atom is 0.220 e. The van der Waals surface area contributed by atoms with Crippen molar-refractivity contribution in [3.8, 4) is 11.3 Å². The van der Waals surface area contributed by atoms with E-state index in [2.05, 4.69) is 85.8 Å². The first kappa shape index (κ1) is 21.2. The molecule has 2 aromatic carbocycles. The lowest BCUT2D eigenvalue weighted by molar-refractivity contribution is -0.683. The van der Waals surface area contributed by atoms with Crippen LogP contribution in [0.2, 0.25) is 0 Å². The summed E-state index contributed by atoms with van der Waals surface area (Å²) in [6, 6.07) is 16.6. The number of halogens is 2. The second-order valence-corrected chi connectivity index (χ2v) is 8.57. The Morgan fingerprint density at radius 2 is 1.66 bits per heavy atom. The van der Waals surface area contributed by atoms with Gasteiger partial charge in [-0.3, -0.25) is 4.91 Å². The number of nitrogen functional groups attached to an aromatic ring is 1. The average Bonchev–Trinajstić information content (AvgIpc) is 2.72. The highest BCUT2D eigenvalue weighted by Crippen LogP contribution is 2.44. The summed E-state index contributed by atoms with van der Waals surface area (Å²) in [4.78, 5) is 1.65. The molecule has 4 N–H and O–H groups in total. The number of alkyl halides is 2. The maximum absolute atomic E-state index is 6.75. The molecule has 2 atom stereocenters. The molecule has 4 rings (SSSR count). The summed E-state index contributed by atoms with van der Waals surface area (Å²) in [5, 5.41) is 2.36. The van der Waals surface area contributed by atoms with Gasteiger partial charge in [0.05, 0.1) is 15.0 Å². The third kappa shape index (κ3) is 3.83. The summed E-state index contributed by atoms with van der Waals surface area (Å²) in [6.45, 7) is 3.01. The highest BCUT2D eigenvalue weighted by Gasteiger charge is 2.36. The van der Waals surface area contributed by atoms with Crippen LogP contribution in [0.4, 0.5) is 5.69 Å². The molecule has 29 heavy (non-hydrogen) atoms. The van der Waals surface area contributed by atoms with E-state index in [4.69, 9.17) is 22.5 Å². The van der Waals surface area contributed by atoms with Crippen LogP contribution in [-0.4, -0.2) is 4.83 Å². The molecule has 0 spiro atoms. The third-order valence-corrected chi connectivity index (χ3v) is 7.70. The number of allylic oxidation sites excluding steroid dienone is 1. The fourth-order valence-corrected chi connectivity index (χ4v) is 4.96. The quantitative estimate of drug-likeness (QED) is 0.112. The zero-order valence-corrected chi connectivity index (χ0v) is 18.9. The van der Waals surface area contributed by atoms with Crippen LogP contribution in [0.25, 0.3) is 44.1 Å². The van der Waals surface area contributed by atoms with Gasteiger partial charge in [-0.1, -0.05) is 56.1 Å². The smallest absolute Gasteiger partial charge is 0.220 e. The van der Waals surface area contributed by atoms with Crippen LogP contribution in [0.3, 0.4) is 0 Å².